The molecule has 0 N–H and O–H groups in total. The van der Waals surface area contributed by atoms with E-state index in [4.69, 9.17) is 0 Å². The van der Waals surface area contributed by atoms with Crippen LogP contribution >= 0.6 is 0 Å². The molecule has 0 aromatic carbocycles. The zero-order valence-electron chi connectivity index (χ0n) is 10.0. The summed E-state index contributed by atoms with van der Waals surface area (Å²) in [7, 11) is 2.25. The molecule has 0 saturated heterocycles. The Labute approximate surface area is 97.8 Å². The van der Waals surface area contributed by atoms with Crippen molar-refractivity contribution in [3.05, 3.63) is 30.9 Å². The molecule has 0 saturated carbocycles. The maximum Gasteiger partial charge on any atom is 0.0945 e. The number of nitrogens with zero attached hydrogens (tertiary/aromatic N) is 3. The molecule has 0 radical (unpaired) electrons. The molecule has 0 fully saturated rings. The molecule has 1 atom stereocenters. The second-order valence-corrected chi connectivity index (χ2v) is 4.57. The molecule has 88 valence electrons. The minimum atomic E-state index is 0.757. The number of aromatic nitrogens is 2. The van der Waals surface area contributed by atoms with E-state index in [2.05, 4.69) is 33.7 Å². The molecule has 3 heteroatoms. The van der Waals surface area contributed by atoms with Crippen LogP contribution in [-0.2, 0) is 6.54 Å². The molecular weight excluding hydrogens is 198 g/mol. The monoisotopic (exact) mass is 219 g/mol. The molecule has 0 spiro atoms. The summed E-state index contributed by atoms with van der Waals surface area (Å²) in [5.41, 5.74) is 0. The molecule has 1 aromatic rings. The van der Waals surface area contributed by atoms with E-state index < -0.39 is 0 Å². The number of imidazole rings is 1. The molecular formula is C13H21N3. The van der Waals surface area contributed by atoms with Gasteiger partial charge in [-0.05, 0) is 39.3 Å². The maximum atomic E-state index is 4.05. The van der Waals surface area contributed by atoms with Gasteiger partial charge in [0, 0.05) is 25.0 Å². The fraction of sp³-hybridized carbons (Fsp3) is 0.615. The van der Waals surface area contributed by atoms with Crippen LogP contribution in [0.25, 0.3) is 0 Å². The van der Waals surface area contributed by atoms with E-state index in [1.54, 1.807) is 0 Å². The van der Waals surface area contributed by atoms with Crippen molar-refractivity contribution in [3.8, 4) is 0 Å². The third kappa shape index (κ3) is 3.20. The lowest BCUT2D eigenvalue weighted by molar-refractivity contribution is 0.222. The van der Waals surface area contributed by atoms with Gasteiger partial charge < -0.3 is 9.47 Å². The van der Waals surface area contributed by atoms with Gasteiger partial charge in [-0.15, -0.1) is 0 Å². The first-order chi connectivity index (χ1) is 7.86. The van der Waals surface area contributed by atoms with Crippen molar-refractivity contribution >= 4 is 0 Å². The van der Waals surface area contributed by atoms with Gasteiger partial charge in [-0.3, -0.25) is 0 Å². The molecule has 0 aliphatic heterocycles. The zero-order valence-corrected chi connectivity index (χ0v) is 10.0. The first-order valence-electron chi connectivity index (χ1n) is 6.17. The number of hydrogen-bond donors (Lipinski definition) is 0. The lowest BCUT2D eigenvalue weighted by Crippen LogP contribution is -2.33. The Morgan fingerprint density at radius 2 is 2.38 bits per heavy atom. The third-order valence-corrected chi connectivity index (χ3v) is 3.35. The Hall–Kier alpha value is -1.09. The highest BCUT2D eigenvalue weighted by Gasteiger charge is 2.14. The summed E-state index contributed by atoms with van der Waals surface area (Å²) >= 11 is 0. The van der Waals surface area contributed by atoms with E-state index in [1.807, 2.05) is 18.7 Å². The quantitative estimate of drug-likeness (QED) is 0.709. The summed E-state index contributed by atoms with van der Waals surface area (Å²) < 4.78 is 2.15. The van der Waals surface area contributed by atoms with E-state index in [0.717, 1.165) is 12.6 Å². The average Bonchev–Trinajstić information content (AvgIpc) is 2.83. The van der Waals surface area contributed by atoms with Crippen LogP contribution in [0.1, 0.15) is 25.7 Å². The van der Waals surface area contributed by atoms with Gasteiger partial charge in [0.25, 0.3) is 0 Å². The fourth-order valence-corrected chi connectivity index (χ4v) is 2.28. The molecule has 0 bridgehead atoms. The normalized spacial score (nSPS) is 20.5. The average molecular weight is 219 g/mol. The number of hydrogen-bond acceptors (Lipinski definition) is 2. The van der Waals surface area contributed by atoms with Gasteiger partial charge in [0.15, 0.2) is 0 Å². The molecule has 1 aliphatic carbocycles. The Morgan fingerprint density at radius 1 is 1.44 bits per heavy atom. The fourth-order valence-electron chi connectivity index (χ4n) is 2.28. The van der Waals surface area contributed by atoms with Crippen LogP contribution in [-0.4, -0.2) is 34.1 Å². The second-order valence-electron chi connectivity index (χ2n) is 4.57. The van der Waals surface area contributed by atoms with Crippen molar-refractivity contribution in [2.75, 3.05) is 13.6 Å². The minimum absolute atomic E-state index is 0.757. The lowest BCUT2D eigenvalue weighted by atomic mass is 10.0. The van der Waals surface area contributed by atoms with Crippen LogP contribution in [0, 0.1) is 0 Å². The molecule has 3 nitrogen and oxygen atoms in total. The van der Waals surface area contributed by atoms with Gasteiger partial charge in [0.1, 0.15) is 0 Å². The molecule has 1 aliphatic rings. The van der Waals surface area contributed by atoms with Crippen LogP contribution in [0.2, 0.25) is 0 Å². The Morgan fingerprint density at radius 3 is 3.06 bits per heavy atom. The van der Waals surface area contributed by atoms with Crippen molar-refractivity contribution in [3.63, 3.8) is 0 Å². The van der Waals surface area contributed by atoms with Gasteiger partial charge in [0.05, 0.1) is 6.33 Å². The van der Waals surface area contributed by atoms with Crippen molar-refractivity contribution in [1.29, 1.82) is 0 Å². The van der Waals surface area contributed by atoms with Crippen LogP contribution in [0.15, 0.2) is 30.9 Å². The number of aryl methyl sites for hydroxylation is 1. The molecule has 0 amide bonds. The smallest absolute Gasteiger partial charge is 0.0945 e. The predicted molar refractivity (Wildman–Crippen MR) is 66.3 cm³/mol. The topological polar surface area (TPSA) is 21.1 Å². The summed E-state index contributed by atoms with van der Waals surface area (Å²) in [5, 5.41) is 0. The van der Waals surface area contributed by atoms with Crippen LogP contribution in [0.4, 0.5) is 0 Å². The second kappa shape index (κ2) is 5.85. The van der Waals surface area contributed by atoms with E-state index >= 15 is 0 Å². The zero-order chi connectivity index (χ0) is 11.2. The summed E-state index contributed by atoms with van der Waals surface area (Å²) in [6.45, 7) is 2.25. The van der Waals surface area contributed by atoms with Gasteiger partial charge in [-0.1, -0.05) is 12.2 Å². The van der Waals surface area contributed by atoms with Crippen molar-refractivity contribution in [2.45, 2.75) is 38.3 Å². The van der Waals surface area contributed by atoms with Gasteiger partial charge >= 0.3 is 0 Å². The van der Waals surface area contributed by atoms with Crippen molar-refractivity contribution in [2.24, 2.45) is 0 Å². The molecule has 16 heavy (non-hydrogen) atoms. The number of rotatable bonds is 5. The van der Waals surface area contributed by atoms with Crippen molar-refractivity contribution < 1.29 is 0 Å². The van der Waals surface area contributed by atoms with Gasteiger partial charge in [0.2, 0.25) is 0 Å². The predicted octanol–water partition coefficient (Wildman–Crippen LogP) is 2.31. The van der Waals surface area contributed by atoms with E-state index in [-0.39, 0.29) is 0 Å². The summed E-state index contributed by atoms with van der Waals surface area (Å²) in [5.74, 6) is 0. The first-order valence-corrected chi connectivity index (χ1v) is 6.17. The summed E-state index contributed by atoms with van der Waals surface area (Å²) in [6, 6.07) is 0.757. The molecule has 1 heterocycles. The van der Waals surface area contributed by atoms with Crippen LogP contribution in [0.5, 0.6) is 0 Å². The Kier molecular flexibility index (Phi) is 4.17. The molecule has 2 rings (SSSR count). The summed E-state index contributed by atoms with van der Waals surface area (Å²) in [4.78, 5) is 6.55. The highest BCUT2D eigenvalue weighted by atomic mass is 15.1. The van der Waals surface area contributed by atoms with E-state index in [9.17, 15) is 0 Å². The standard InChI is InChI=1S/C13H21N3/c1-15(13-6-3-2-4-7-13)9-5-10-16-11-8-14-12-16/h2-3,8,11-13H,4-7,9-10H2,1H3. The Bertz CT molecular complexity index is 316. The first kappa shape index (κ1) is 11.4. The maximum absolute atomic E-state index is 4.05. The highest BCUT2D eigenvalue weighted by molar-refractivity contribution is 4.93. The Balaban J connectivity index is 1.67. The van der Waals surface area contributed by atoms with Crippen LogP contribution in [0.3, 0.4) is 0 Å². The highest BCUT2D eigenvalue weighted by Crippen LogP contribution is 2.16. The van der Waals surface area contributed by atoms with Gasteiger partial charge in [-0.25, -0.2) is 4.98 Å². The summed E-state index contributed by atoms with van der Waals surface area (Å²) in [6.07, 6.45) is 15.4. The molecule has 1 aromatic heterocycles. The van der Waals surface area contributed by atoms with Gasteiger partial charge in [-0.2, -0.15) is 0 Å². The number of allylic oxidation sites excluding steroid dienone is 1. The third-order valence-electron chi connectivity index (χ3n) is 3.35. The minimum Gasteiger partial charge on any atom is -0.337 e. The van der Waals surface area contributed by atoms with Crippen molar-refractivity contribution in [1.82, 2.24) is 14.5 Å². The van der Waals surface area contributed by atoms with Crippen LogP contribution < -0.4 is 0 Å². The van der Waals surface area contributed by atoms with E-state index in [1.165, 1.54) is 32.2 Å². The van der Waals surface area contributed by atoms with E-state index in [0.29, 0.717) is 0 Å². The largest absolute Gasteiger partial charge is 0.337 e. The lowest BCUT2D eigenvalue weighted by Gasteiger charge is -2.28. The SMILES string of the molecule is CN(CCCn1ccnc1)C1CC=CCC1. The molecule has 1 unspecified atom stereocenters.